The van der Waals surface area contributed by atoms with Crippen LogP contribution in [0.3, 0.4) is 0 Å². The number of benzene rings is 2. The van der Waals surface area contributed by atoms with E-state index < -0.39 is 0 Å². The van der Waals surface area contributed by atoms with Crippen molar-refractivity contribution in [2.75, 3.05) is 0 Å². The molecule has 1 aliphatic rings. The van der Waals surface area contributed by atoms with E-state index in [4.69, 9.17) is 9.47 Å². The third kappa shape index (κ3) is 3.14. The maximum absolute atomic E-state index is 12.2. The second kappa shape index (κ2) is 5.48. The van der Waals surface area contributed by atoms with E-state index in [2.05, 4.69) is 13.8 Å². The third-order valence-corrected chi connectivity index (χ3v) is 3.88. The second-order valence-corrected chi connectivity index (χ2v) is 6.39. The summed E-state index contributed by atoms with van der Waals surface area (Å²) >= 11 is 0. The number of esters is 1. The van der Waals surface area contributed by atoms with Crippen LogP contribution in [0.2, 0.25) is 0 Å². The molecule has 0 aromatic heterocycles. The van der Waals surface area contributed by atoms with Crippen LogP contribution in [0.25, 0.3) is 0 Å². The van der Waals surface area contributed by atoms with Crippen LogP contribution in [-0.4, -0.2) is 11.6 Å². The third-order valence-electron chi connectivity index (χ3n) is 3.88. The van der Waals surface area contributed by atoms with E-state index >= 15 is 0 Å². The van der Waals surface area contributed by atoms with E-state index in [1.165, 1.54) is 0 Å². The van der Waals surface area contributed by atoms with Crippen molar-refractivity contribution in [1.82, 2.24) is 0 Å². The molecule has 0 saturated carbocycles. The van der Waals surface area contributed by atoms with Crippen molar-refractivity contribution in [3.05, 3.63) is 59.2 Å². The van der Waals surface area contributed by atoms with Crippen molar-refractivity contribution in [3.8, 4) is 11.5 Å². The highest BCUT2D eigenvalue weighted by Gasteiger charge is 2.26. The summed E-state index contributed by atoms with van der Waals surface area (Å²) < 4.78 is 11.4. The highest BCUT2D eigenvalue weighted by Crippen LogP contribution is 2.35. The average Bonchev–Trinajstić information content (AvgIpc) is 2.47. The van der Waals surface area contributed by atoms with Crippen molar-refractivity contribution in [3.63, 3.8) is 0 Å². The summed E-state index contributed by atoms with van der Waals surface area (Å²) in [5, 5.41) is 0. The molecule has 0 N–H and O–H groups in total. The lowest BCUT2D eigenvalue weighted by Gasteiger charge is -2.32. The van der Waals surface area contributed by atoms with Gasteiger partial charge in [-0.15, -0.1) is 0 Å². The molecule has 3 nitrogen and oxygen atoms in total. The molecule has 0 atom stereocenters. The van der Waals surface area contributed by atoms with Gasteiger partial charge in [0.2, 0.25) is 0 Å². The molecule has 0 fully saturated rings. The Morgan fingerprint density at radius 2 is 2.00 bits per heavy atom. The molecule has 114 valence electrons. The van der Waals surface area contributed by atoms with Crippen LogP contribution >= 0.6 is 0 Å². The van der Waals surface area contributed by atoms with Gasteiger partial charge in [-0.05, 0) is 69.5 Å². The Bertz CT molecular complexity index is 716. The van der Waals surface area contributed by atoms with E-state index in [1.54, 1.807) is 12.1 Å². The van der Waals surface area contributed by atoms with Crippen molar-refractivity contribution in [1.29, 1.82) is 0 Å². The fourth-order valence-electron chi connectivity index (χ4n) is 2.64. The molecule has 2 aromatic rings. The predicted molar refractivity (Wildman–Crippen MR) is 85.6 cm³/mol. The summed E-state index contributed by atoms with van der Waals surface area (Å²) in [4.78, 5) is 12.2. The second-order valence-electron chi connectivity index (χ2n) is 6.39. The van der Waals surface area contributed by atoms with E-state index in [9.17, 15) is 4.79 Å². The van der Waals surface area contributed by atoms with E-state index in [1.807, 2.05) is 37.3 Å². The number of ether oxygens (including phenoxy) is 2. The maximum Gasteiger partial charge on any atom is 0.343 e. The number of aryl methyl sites for hydroxylation is 2. The standard InChI is InChI=1S/C19H20O3/c1-13-5-4-6-15(11-13)18(20)21-16-7-8-17-14(12-16)9-10-19(2,3)22-17/h4-8,11-12H,9-10H2,1-3H3. The summed E-state index contributed by atoms with van der Waals surface area (Å²) in [5.41, 5.74) is 2.56. The molecule has 0 bridgehead atoms. The van der Waals surface area contributed by atoms with Gasteiger partial charge in [0.05, 0.1) is 5.56 Å². The van der Waals surface area contributed by atoms with E-state index in [-0.39, 0.29) is 11.6 Å². The van der Waals surface area contributed by atoms with Crippen molar-refractivity contribution >= 4 is 5.97 Å². The molecule has 2 aromatic carbocycles. The zero-order chi connectivity index (χ0) is 15.7. The highest BCUT2D eigenvalue weighted by molar-refractivity contribution is 5.91. The Labute approximate surface area is 130 Å². The van der Waals surface area contributed by atoms with Crippen molar-refractivity contribution < 1.29 is 14.3 Å². The highest BCUT2D eigenvalue weighted by atomic mass is 16.5. The first kappa shape index (κ1) is 14.6. The van der Waals surface area contributed by atoms with Crippen LogP contribution in [-0.2, 0) is 6.42 Å². The Kier molecular flexibility index (Phi) is 3.65. The van der Waals surface area contributed by atoms with Gasteiger partial charge in [0, 0.05) is 0 Å². The number of hydrogen-bond donors (Lipinski definition) is 0. The number of carbonyl (C=O) groups is 1. The first-order chi connectivity index (χ1) is 10.4. The van der Waals surface area contributed by atoms with Gasteiger partial charge >= 0.3 is 5.97 Å². The minimum Gasteiger partial charge on any atom is -0.488 e. The van der Waals surface area contributed by atoms with Gasteiger partial charge in [-0.3, -0.25) is 0 Å². The molecule has 22 heavy (non-hydrogen) atoms. The minimum atomic E-state index is -0.333. The fraction of sp³-hybridized carbons (Fsp3) is 0.316. The minimum absolute atomic E-state index is 0.132. The molecule has 3 heteroatoms. The molecule has 0 unspecified atom stereocenters. The summed E-state index contributed by atoms with van der Waals surface area (Å²) in [6.07, 6.45) is 1.88. The van der Waals surface area contributed by atoms with Gasteiger partial charge in [0.15, 0.2) is 0 Å². The first-order valence-corrected chi connectivity index (χ1v) is 7.54. The van der Waals surface area contributed by atoms with Gasteiger partial charge in [-0.1, -0.05) is 17.7 Å². The van der Waals surface area contributed by atoms with Gasteiger partial charge in [0.1, 0.15) is 17.1 Å². The Balaban J connectivity index is 1.78. The number of hydrogen-bond acceptors (Lipinski definition) is 3. The van der Waals surface area contributed by atoms with Gasteiger partial charge < -0.3 is 9.47 Å². The van der Waals surface area contributed by atoms with Crippen LogP contribution < -0.4 is 9.47 Å². The summed E-state index contributed by atoms with van der Waals surface area (Å²) in [6, 6.07) is 13.0. The van der Waals surface area contributed by atoms with Crippen LogP contribution in [0, 0.1) is 6.92 Å². The average molecular weight is 296 g/mol. The summed E-state index contributed by atoms with van der Waals surface area (Å²) in [6.45, 7) is 6.12. The van der Waals surface area contributed by atoms with Gasteiger partial charge in [-0.2, -0.15) is 0 Å². The number of fused-ring (bicyclic) bond motifs is 1. The number of carbonyl (C=O) groups excluding carboxylic acids is 1. The largest absolute Gasteiger partial charge is 0.488 e. The summed E-state index contributed by atoms with van der Waals surface area (Å²) in [7, 11) is 0. The van der Waals surface area contributed by atoms with Crippen molar-refractivity contribution in [2.45, 2.75) is 39.2 Å². The SMILES string of the molecule is Cc1cccc(C(=O)Oc2ccc3c(c2)CCC(C)(C)O3)c1. The molecule has 0 aliphatic carbocycles. The lowest BCUT2D eigenvalue weighted by atomic mass is 9.94. The summed E-state index contributed by atoms with van der Waals surface area (Å²) in [5.74, 6) is 1.11. The van der Waals surface area contributed by atoms with Gasteiger partial charge in [-0.25, -0.2) is 4.79 Å². The molecule has 1 aliphatic heterocycles. The van der Waals surface area contributed by atoms with E-state index in [0.717, 1.165) is 29.7 Å². The topological polar surface area (TPSA) is 35.5 Å². The molecule has 0 spiro atoms. The fourth-order valence-corrected chi connectivity index (χ4v) is 2.64. The molecule has 1 heterocycles. The quantitative estimate of drug-likeness (QED) is 0.611. The maximum atomic E-state index is 12.2. The zero-order valence-electron chi connectivity index (χ0n) is 13.2. The van der Waals surface area contributed by atoms with Gasteiger partial charge in [0.25, 0.3) is 0 Å². The Morgan fingerprint density at radius 1 is 1.18 bits per heavy atom. The lowest BCUT2D eigenvalue weighted by Crippen LogP contribution is -2.32. The molecule has 0 amide bonds. The zero-order valence-corrected chi connectivity index (χ0v) is 13.2. The monoisotopic (exact) mass is 296 g/mol. The molecule has 0 radical (unpaired) electrons. The lowest BCUT2D eigenvalue weighted by molar-refractivity contribution is 0.0727. The normalized spacial score (nSPS) is 15.6. The number of rotatable bonds is 2. The van der Waals surface area contributed by atoms with Crippen molar-refractivity contribution in [2.24, 2.45) is 0 Å². The molecule has 3 rings (SSSR count). The van der Waals surface area contributed by atoms with Crippen LogP contribution in [0.5, 0.6) is 11.5 Å². The first-order valence-electron chi connectivity index (χ1n) is 7.54. The predicted octanol–water partition coefficient (Wildman–Crippen LogP) is 4.32. The smallest absolute Gasteiger partial charge is 0.343 e. The molecular formula is C19H20O3. The molecule has 0 saturated heterocycles. The van der Waals surface area contributed by atoms with Crippen LogP contribution in [0.1, 0.15) is 41.8 Å². The van der Waals surface area contributed by atoms with Crippen LogP contribution in [0.15, 0.2) is 42.5 Å². The Hall–Kier alpha value is -2.29. The Morgan fingerprint density at radius 3 is 2.77 bits per heavy atom. The molecular weight excluding hydrogens is 276 g/mol. The van der Waals surface area contributed by atoms with E-state index in [0.29, 0.717) is 11.3 Å². The van der Waals surface area contributed by atoms with Crippen LogP contribution in [0.4, 0.5) is 0 Å².